The van der Waals surface area contributed by atoms with Crippen molar-refractivity contribution >= 4 is 12.4 Å². The van der Waals surface area contributed by atoms with Gasteiger partial charge in [-0.25, -0.2) is 0 Å². The average molecular weight is 254 g/mol. The lowest BCUT2D eigenvalue weighted by atomic mass is 10.1. The van der Waals surface area contributed by atoms with Crippen molar-refractivity contribution in [3.05, 3.63) is 29.3 Å². The number of fused-ring (bicyclic) bond motifs is 1. The molecule has 0 saturated carbocycles. The number of rotatable bonds is 0. The van der Waals surface area contributed by atoms with Gasteiger partial charge in [0.25, 0.3) is 0 Å². The van der Waals surface area contributed by atoms with E-state index in [4.69, 9.17) is 4.74 Å². The smallest absolute Gasteiger partial charge is 0.416 e. The van der Waals surface area contributed by atoms with Crippen LogP contribution >= 0.6 is 12.4 Å². The molecule has 1 aliphatic rings. The highest BCUT2D eigenvalue weighted by Gasteiger charge is 2.34. The first-order valence-electron chi connectivity index (χ1n) is 4.61. The third kappa shape index (κ3) is 2.59. The molecule has 1 heterocycles. The first-order chi connectivity index (χ1) is 7.09. The summed E-state index contributed by atoms with van der Waals surface area (Å²) in [6.07, 6.45) is -4.32. The molecule has 0 aliphatic carbocycles. The van der Waals surface area contributed by atoms with Gasteiger partial charge in [0.2, 0.25) is 0 Å². The summed E-state index contributed by atoms with van der Waals surface area (Å²) in [6.45, 7) is 1.16. The van der Waals surface area contributed by atoms with Crippen molar-refractivity contribution in [3.8, 4) is 5.75 Å². The number of hydrogen-bond acceptors (Lipinski definition) is 2. The maximum absolute atomic E-state index is 12.6. The van der Waals surface area contributed by atoms with Crippen LogP contribution in [0.1, 0.15) is 11.1 Å². The molecule has 1 aromatic carbocycles. The lowest BCUT2D eigenvalue weighted by Gasteiger charge is -2.14. The van der Waals surface area contributed by atoms with E-state index in [2.05, 4.69) is 5.32 Å². The van der Waals surface area contributed by atoms with Gasteiger partial charge in [-0.05, 0) is 12.1 Å². The highest BCUT2D eigenvalue weighted by atomic mass is 35.5. The number of ether oxygens (including phenoxy) is 1. The molecule has 0 spiro atoms. The van der Waals surface area contributed by atoms with Gasteiger partial charge < -0.3 is 10.1 Å². The third-order valence-electron chi connectivity index (χ3n) is 2.28. The van der Waals surface area contributed by atoms with Crippen molar-refractivity contribution in [1.29, 1.82) is 0 Å². The Bertz CT molecular complexity index is 368. The number of hydrogen-bond donors (Lipinski definition) is 1. The largest absolute Gasteiger partial charge is 0.492 e. The molecule has 0 radical (unpaired) electrons. The van der Waals surface area contributed by atoms with Gasteiger partial charge in [0.1, 0.15) is 12.4 Å². The van der Waals surface area contributed by atoms with E-state index in [1.165, 1.54) is 6.07 Å². The second-order valence-corrected chi connectivity index (χ2v) is 3.31. The summed E-state index contributed by atoms with van der Waals surface area (Å²) in [7, 11) is 0. The molecule has 16 heavy (non-hydrogen) atoms. The molecule has 90 valence electrons. The molecule has 0 unspecified atom stereocenters. The molecule has 1 aromatic rings. The quantitative estimate of drug-likeness (QED) is 0.767. The zero-order valence-corrected chi connectivity index (χ0v) is 9.12. The van der Waals surface area contributed by atoms with Crippen molar-refractivity contribution < 1.29 is 17.9 Å². The Kier molecular flexibility index (Phi) is 4.04. The van der Waals surface area contributed by atoms with Crippen LogP contribution in [0.3, 0.4) is 0 Å². The number of nitrogens with one attached hydrogen (secondary N) is 1. The van der Waals surface area contributed by atoms with Gasteiger partial charge in [-0.15, -0.1) is 12.4 Å². The van der Waals surface area contributed by atoms with Gasteiger partial charge in [-0.2, -0.15) is 13.2 Å². The minimum Gasteiger partial charge on any atom is -0.492 e. The van der Waals surface area contributed by atoms with Gasteiger partial charge in [-0.3, -0.25) is 0 Å². The Labute approximate surface area is 97.2 Å². The fraction of sp³-hybridized carbons (Fsp3) is 0.400. The highest BCUT2D eigenvalue weighted by Crippen LogP contribution is 2.36. The molecule has 1 aliphatic heterocycles. The van der Waals surface area contributed by atoms with E-state index in [-0.39, 0.29) is 24.5 Å². The summed E-state index contributed by atoms with van der Waals surface area (Å²) >= 11 is 0. The lowest BCUT2D eigenvalue weighted by molar-refractivity contribution is -0.138. The predicted molar refractivity (Wildman–Crippen MR) is 55.9 cm³/mol. The predicted octanol–water partition coefficient (Wildman–Crippen LogP) is 2.61. The number of alkyl halides is 3. The summed E-state index contributed by atoms with van der Waals surface area (Å²) in [5, 5.41) is 2.89. The second-order valence-electron chi connectivity index (χ2n) is 3.31. The van der Waals surface area contributed by atoms with Crippen molar-refractivity contribution in [2.75, 3.05) is 13.2 Å². The number of halogens is 4. The van der Waals surface area contributed by atoms with Crippen LogP contribution in [0.25, 0.3) is 0 Å². The maximum atomic E-state index is 12.6. The Morgan fingerprint density at radius 2 is 2.00 bits per heavy atom. The Balaban J connectivity index is 0.00000128. The van der Waals surface area contributed by atoms with Crippen LogP contribution in [-0.4, -0.2) is 13.2 Å². The van der Waals surface area contributed by atoms with Gasteiger partial charge in [0.15, 0.2) is 0 Å². The molecule has 0 atom stereocenters. The molecule has 0 aromatic heterocycles. The molecular weight excluding hydrogens is 243 g/mol. The Morgan fingerprint density at radius 1 is 1.25 bits per heavy atom. The topological polar surface area (TPSA) is 21.3 Å². The van der Waals surface area contributed by atoms with E-state index in [9.17, 15) is 13.2 Å². The molecule has 1 N–H and O–H groups in total. The summed E-state index contributed by atoms with van der Waals surface area (Å²) in [5.74, 6) is 0.329. The summed E-state index contributed by atoms with van der Waals surface area (Å²) in [4.78, 5) is 0. The van der Waals surface area contributed by atoms with Crippen molar-refractivity contribution in [2.45, 2.75) is 12.7 Å². The van der Waals surface area contributed by atoms with Crippen LogP contribution in [0.2, 0.25) is 0 Å². The molecule has 0 saturated heterocycles. The van der Waals surface area contributed by atoms with E-state index in [0.29, 0.717) is 18.9 Å². The molecular formula is C10H11ClF3NO. The first-order valence-corrected chi connectivity index (χ1v) is 4.61. The zero-order chi connectivity index (χ0) is 10.9. The normalized spacial score (nSPS) is 15.4. The van der Waals surface area contributed by atoms with Crippen LogP contribution in [0.5, 0.6) is 5.75 Å². The van der Waals surface area contributed by atoms with Crippen LogP contribution in [0.4, 0.5) is 13.2 Å². The molecule has 0 amide bonds. The van der Waals surface area contributed by atoms with E-state index in [1.54, 1.807) is 6.07 Å². The van der Waals surface area contributed by atoms with Gasteiger partial charge >= 0.3 is 6.18 Å². The van der Waals surface area contributed by atoms with Crippen LogP contribution in [0, 0.1) is 0 Å². The fourth-order valence-electron chi connectivity index (χ4n) is 1.60. The highest BCUT2D eigenvalue weighted by molar-refractivity contribution is 5.85. The lowest BCUT2D eigenvalue weighted by Crippen LogP contribution is -2.18. The molecule has 0 fully saturated rings. The second kappa shape index (κ2) is 4.93. The fourth-order valence-corrected chi connectivity index (χ4v) is 1.60. The summed E-state index contributed by atoms with van der Waals surface area (Å²) in [6, 6.07) is 4.01. The molecule has 2 rings (SSSR count). The Hall–Kier alpha value is -0.940. The van der Waals surface area contributed by atoms with Crippen molar-refractivity contribution in [2.24, 2.45) is 0 Å². The van der Waals surface area contributed by atoms with Crippen molar-refractivity contribution in [3.63, 3.8) is 0 Å². The minimum atomic E-state index is -4.32. The standard InChI is InChI=1S/C10H10F3NO.ClH/c11-10(12,13)8-2-1-3-9-7(8)6-14-4-5-15-9;/h1-3,14H,4-6H2;1H. The third-order valence-corrected chi connectivity index (χ3v) is 2.28. The van der Waals surface area contributed by atoms with E-state index in [0.717, 1.165) is 6.07 Å². The van der Waals surface area contributed by atoms with Gasteiger partial charge in [0.05, 0.1) is 5.56 Å². The SMILES string of the molecule is Cl.FC(F)(F)c1cccc2c1CNCCO2. The zero-order valence-electron chi connectivity index (χ0n) is 8.30. The average Bonchev–Trinajstić information content (AvgIpc) is 2.39. The van der Waals surface area contributed by atoms with Crippen LogP contribution in [0.15, 0.2) is 18.2 Å². The van der Waals surface area contributed by atoms with Crippen molar-refractivity contribution in [1.82, 2.24) is 5.32 Å². The van der Waals surface area contributed by atoms with E-state index >= 15 is 0 Å². The maximum Gasteiger partial charge on any atom is 0.416 e. The summed E-state index contributed by atoms with van der Waals surface area (Å²) in [5.41, 5.74) is -0.420. The summed E-state index contributed by atoms with van der Waals surface area (Å²) < 4.78 is 43.1. The molecule has 0 bridgehead atoms. The first kappa shape index (κ1) is 13.1. The minimum absolute atomic E-state index is 0. The van der Waals surface area contributed by atoms with E-state index in [1.807, 2.05) is 0 Å². The molecule has 2 nitrogen and oxygen atoms in total. The Morgan fingerprint density at radius 3 is 2.69 bits per heavy atom. The van der Waals surface area contributed by atoms with Gasteiger partial charge in [0, 0.05) is 18.7 Å². The van der Waals surface area contributed by atoms with E-state index < -0.39 is 11.7 Å². The van der Waals surface area contributed by atoms with Crippen LogP contribution < -0.4 is 10.1 Å². The number of benzene rings is 1. The van der Waals surface area contributed by atoms with Gasteiger partial charge in [-0.1, -0.05) is 6.07 Å². The van der Waals surface area contributed by atoms with Crippen LogP contribution in [-0.2, 0) is 12.7 Å². The molecule has 6 heteroatoms. The monoisotopic (exact) mass is 253 g/mol.